The third-order valence-electron chi connectivity index (χ3n) is 3.68. The largest absolute Gasteiger partial charge is 0.357 e. The Morgan fingerprint density at radius 1 is 1.32 bits per heavy atom. The van der Waals surface area contributed by atoms with Crippen molar-refractivity contribution in [3.63, 3.8) is 0 Å². The predicted molar refractivity (Wildman–Crippen MR) is 85.1 cm³/mol. The van der Waals surface area contributed by atoms with E-state index in [2.05, 4.69) is 33.6 Å². The molecule has 3 nitrogen and oxygen atoms in total. The Morgan fingerprint density at radius 3 is 2.84 bits per heavy atom. The van der Waals surface area contributed by atoms with Gasteiger partial charge < -0.3 is 10.2 Å². The fourth-order valence-electron chi connectivity index (χ4n) is 2.53. The van der Waals surface area contributed by atoms with E-state index in [0.29, 0.717) is 6.04 Å². The van der Waals surface area contributed by atoms with Crippen LogP contribution in [0.1, 0.15) is 25.7 Å². The first-order chi connectivity index (χ1) is 9.40. The summed E-state index contributed by atoms with van der Waals surface area (Å²) in [6.45, 7) is 3.42. The zero-order chi connectivity index (χ0) is 13.3. The summed E-state index contributed by atoms with van der Waals surface area (Å²) in [7, 11) is 0. The van der Waals surface area contributed by atoms with Crippen LogP contribution in [-0.2, 0) is 0 Å². The fraction of sp³-hybridized carbons (Fsp3) is 0.667. The lowest BCUT2D eigenvalue weighted by atomic mass is 10.0. The van der Waals surface area contributed by atoms with Gasteiger partial charge in [0, 0.05) is 25.3 Å². The van der Waals surface area contributed by atoms with Gasteiger partial charge in [-0.25, -0.2) is 4.98 Å². The normalized spacial score (nSPS) is 16.8. The summed E-state index contributed by atoms with van der Waals surface area (Å²) >= 11 is 1.94. The van der Waals surface area contributed by atoms with E-state index in [0.717, 1.165) is 18.9 Å². The van der Waals surface area contributed by atoms with Crippen molar-refractivity contribution >= 4 is 17.6 Å². The minimum Gasteiger partial charge on any atom is -0.357 e. The Bertz CT molecular complexity index is 337. The van der Waals surface area contributed by atoms with E-state index < -0.39 is 0 Å². The van der Waals surface area contributed by atoms with Crippen molar-refractivity contribution in [2.24, 2.45) is 0 Å². The lowest BCUT2D eigenvalue weighted by Crippen LogP contribution is -2.43. The number of piperidine rings is 1. The number of nitrogens with one attached hydrogen (secondary N) is 1. The maximum Gasteiger partial charge on any atom is 0.128 e. The smallest absolute Gasteiger partial charge is 0.128 e. The second kappa shape index (κ2) is 8.43. The van der Waals surface area contributed by atoms with Crippen LogP contribution >= 0.6 is 11.8 Å². The third kappa shape index (κ3) is 5.03. The number of thioether (sulfide) groups is 1. The van der Waals surface area contributed by atoms with E-state index in [9.17, 15) is 0 Å². The van der Waals surface area contributed by atoms with Crippen molar-refractivity contribution in [3.05, 3.63) is 24.4 Å². The van der Waals surface area contributed by atoms with Gasteiger partial charge in [-0.05, 0) is 56.4 Å². The second-order valence-electron chi connectivity index (χ2n) is 5.10. The minimum absolute atomic E-state index is 0.703. The molecule has 1 aliphatic heterocycles. The first kappa shape index (κ1) is 14.7. The molecule has 4 heteroatoms. The van der Waals surface area contributed by atoms with Crippen LogP contribution in [0.15, 0.2) is 24.4 Å². The van der Waals surface area contributed by atoms with Crippen LogP contribution in [0.3, 0.4) is 0 Å². The maximum atomic E-state index is 4.43. The number of unbranched alkanes of at least 4 members (excludes halogenated alkanes) is 1. The highest BCUT2D eigenvalue weighted by atomic mass is 32.2. The molecule has 19 heavy (non-hydrogen) atoms. The van der Waals surface area contributed by atoms with Crippen LogP contribution in [0.4, 0.5) is 5.82 Å². The molecule has 2 heterocycles. The molecule has 0 bridgehead atoms. The van der Waals surface area contributed by atoms with Gasteiger partial charge in [-0.1, -0.05) is 6.07 Å². The lowest BCUT2D eigenvalue weighted by molar-refractivity contribution is 0.411. The van der Waals surface area contributed by atoms with E-state index in [1.165, 1.54) is 38.0 Å². The number of anilines is 1. The molecule has 0 unspecified atom stereocenters. The van der Waals surface area contributed by atoms with Crippen molar-refractivity contribution in [3.8, 4) is 0 Å². The Morgan fingerprint density at radius 2 is 2.16 bits per heavy atom. The van der Waals surface area contributed by atoms with Crippen molar-refractivity contribution in [2.75, 3.05) is 36.5 Å². The van der Waals surface area contributed by atoms with Gasteiger partial charge in [-0.15, -0.1) is 0 Å². The summed E-state index contributed by atoms with van der Waals surface area (Å²) in [5, 5.41) is 3.70. The standard InChI is InChI=1S/C15H25N3S/c1-19-13-5-4-9-16-14-7-11-18(12-8-14)15-6-2-3-10-17-15/h2-3,6,10,14,16H,4-5,7-9,11-13H2,1H3. The van der Waals surface area contributed by atoms with Gasteiger partial charge in [0.1, 0.15) is 5.82 Å². The van der Waals surface area contributed by atoms with Gasteiger partial charge in [0.15, 0.2) is 0 Å². The van der Waals surface area contributed by atoms with Crippen LogP contribution in [0, 0.1) is 0 Å². The molecule has 1 aliphatic rings. The van der Waals surface area contributed by atoms with Crippen molar-refractivity contribution in [1.82, 2.24) is 10.3 Å². The summed E-state index contributed by atoms with van der Waals surface area (Å²) in [5.41, 5.74) is 0. The van der Waals surface area contributed by atoms with Crippen LogP contribution in [0.25, 0.3) is 0 Å². The zero-order valence-corrected chi connectivity index (χ0v) is 12.7. The van der Waals surface area contributed by atoms with Gasteiger partial charge >= 0.3 is 0 Å². The maximum absolute atomic E-state index is 4.43. The monoisotopic (exact) mass is 279 g/mol. The number of hydrogen-bond acceptors (Lipinski definition) is 4. The van der Waals surface area contributed by atoms with E-state index >= 15 is 0 Å². The lowest BCUT2D eigenvalue weighted by Gasteiger charge is -2.33. The Kier molecular flexibility index (Phi) is 6.51. The van der Waals surface area contributed by atoms with Crippen molar-refractivity contribution < 1.29 is 0 Å². The molecule has 0 saturated carbocycles. The number of rotatable bonds is 7. The van der Waals surface area contributed by atoms with Gasteiger partial charge in [0.25, 0.3) is 0 Å². The summed E-state index contributed by atoms with van der Waals surface area (Å²) in [6, 6.07) is 6.86. The molecule has 0 amide bonds. The minimum atomic E-state index is 0.703. The highest BCUT2D eigenvalue weighted by molar-refractivity contribution is 7.98. The fourth-order valence-corrected chi connectivity index (χ4v) is 3.02. The Labute approximate surface area is 121 Å². The zero-order valence-electron chi connectivity index (χ0n) is 11.8. The average Bonchev–Trinajstić information content (AvgIpc) is 2.49. The molecule has 106 valence electrons. The number of aromatic nitrogens is 1. The summed E-state index contributed by atoms with van der Waals surface area (Å²) in [5.74, 6) is 2.42. The number of pyridine rings is 1. The topological polar surface area (TPSA) is 28.2 Å². The molecule has 2 rings (SSSR count). The molecule has 0 aliphatic carbocycles. The molecule has 1 aromatic rings. The molecule has 1 fully saturated rings. The average molecular weight is 279 g/mol. The van der Waals surface area contributed by atoms with Crippen molar-refractivity contribution in [1.29, 1.82) is 0 Å². The highest BCUT2D eigenvalue weighted by Gasteiger charge is 2.19. The van der Waals surface area contributed by atoms with Gasteiger partial charge in [-0.2, -0.15) is 11.8 Å². The van der Waals surface area contributed by atoms with E-state index in [4.69, 9.17) is 0 Å². The predicted octanol–water partition coefficient (Wildman–Crippen LogP) is 2.78. The summed E-state index contributed by atoms with van der Waals surface area (Å²) < 4.78 is 0. The van der Waals surface area contributed by atoms with E-state index in [1.807, 2.05) is 24.0 Å². The third-order valence-corrected chi connectivity index (χ3v) is 4.37. The first-order valence-electron chi connectivity index (χ1n) is 7.28. The summed E-state index contributed by atoms with van der Waals surface area (Å²) in [6.07, 6.45) is 9.17. The van der Waals surface area contributed by atoms with Crippen LogP contribution in [0.5, 0.6) is 0 Å². The van der Waals surface area contributed by atoms with Gasteiger partial charge in [0.05, 0.1) is 0 Å². The number of hydrogen-bond donors (Lipinski definition) is 1. The molecule has 0 radical (unpaired) electrons. The molecular weight excluding hydrogens is 254 g/mol. The number of nitrogens with zero attached hydrogens (tertiary/aromatic N) is 2. The first-order valence-corrected chi connectivity index (χ1v) is 8.68. The molecule has 0 aromatic carbocycles. The molecule has 1 N–H and O–H groups in total. The Balaban J connectivity index is 1.63. The Hall–Kier alpha value is -0.740. The quantitative estimate of drug-likeness (QED) is 0.777. The van der Waals surface area contributed by atoms with Crippen LogP contribution in [0.2, 0.25) is 0 Å². The van der Waals surface area contributed by atoms with E-state index in [1.54, 1.807) is 0 Å². The van der Waals surface area contributed by atoms with Gasteiger partial charge in [0.2, 0.25) is 0 Å². The van der Waals surface area contributed by atoms with E-state index in [-0.39, 0.29) is 0 Å². The molecule has 0 spiro atoms. The SMILES string of the molecule is CSCCCCNC1CCN(c2ccccn2)CC1. The van der Waals surface area contributed by atoms with Gasteiger partial charge in [-0.3, -0.25) is 0 Å². The molecule has 0 atom stereocenters. The molecule has 1 aromatic heterocycles. The van der Waals surface area contributed by atoms with Crippen molar-refractivity contribution in [2.45, 2.75) is 31.7 Å². The van der Waals surface area contributed by atoms with Crippen LogP contribution < -0.4 is 10.2 Å². The second-order valence-corrected chi connectivity index (χ2v) is 6.09. The molecular formula is C15H25N3S. The highest BCUT2D eigenvalue weighted by Crippen LogP contribution is 2.17. The summed E-state index contributed by atoms with van der Waals surface area (Å²) in [4.78, 5) is 6.82. The molecule has 1 saturated heterocycles. The van der Waals surface area contributed by atoms with Crippen LogP contribution in [-0.4, -0.2) is 42.7 Å².